The molecule has 0 radical (unpaired) electrons. The molecular weight excluding hydrogens is 348 g/mol. The highest BCUT2D eigenvalue weighted by Gasteiger charge is 2.54. The van der Waals surface area contributed by atoms with Crippen LogP contribution in [-0.2, 0) is 12.0 Å². The van der Waals surface area contributed by atoms with Gasteiger partial charge < -0.3 is 28.8 Å². The van der Waals surface area contributed by atoms with E-state index in [1.807, 2.05) is 19.1 Å². The summed E-state index contributed by atoms with van der Waals surface area (Å²) in [5, 5.41) is 11.4. The SMILES string of the molecule is C=C(C)[C@@H]1Cc2cc3c(cc2O1)OC[C@]1(O)c2cc4c(cc2O[C@@H]31)OCO4. The van der Waals surface area contributed by atoms with Crippen molar-refractivity contribution < 1.29 is 28.8 Å². The molecule has 4 aliphatic rings. The van der Waals surface area contributed by atoms with Gasteiger partial charge in [-0.05, 0) is 30.2 Å². The van der Waals surface area contributed by atoms with Crippen LogP contribution in [0.1, 0.15) is 29.7 Å². The van der Waals surface area contributed by atoms with Crippen LogP contribution < -0.4 is 23.7 Å². The van der Waals surface area contributed by atoms with Crippen LogP contribution in [-0.4, -0.2) is 24.6 Å². The van der Waals surface area contributed by atoms with Gasteiger partial charge in [-0.2, -0.15) is 0 Å². The molecule has 0 aliphatic carbocycles. The second-order valence-electron chi connectivity index (χ2n) is 7.57. The Bertz CT molecular complexity index is 1010. The Morgan fingerprint density at radius 3 is 2.59 bits per heavy atom. The molecule has 0 unspecified atom stereocenters. The van der Waals surface area contributed by atoms with E-state index < -0.39 is 11.7 Å². The van der Waals surface area contributed by atoms with E-state index in [9.17, 15) is 5.11 Å². The summed E-state index contributed by atoms with van der Waals surface area (Å²) in [5.74, 6) is 3.33. The van der Waals surface area contributed by atoms with E-state index in [-0.39, 0.29) is 19.5 Å². The monoisotopic (exact) mass is 366 g/mol. The summed E-state index contributed by atoms with van der Waals surface area (Å²) in [4.78, 5) is 0. The summed E-state index contributed by atoms with van der Waals surface area (Å²) in [7, 11) is 0. The summed E-state index contributed by atoms with van der Waals surface area (Å²) in [6.07, 6.45) is 0.182. The van der Waals surface area contributed by atoms with Crippen LogP contribution in [0.2, 0.25) is 0 Å². The van der Waals surface area contributed by atoms with Gasteiger partial charge in [-0.25, -0.2) is 0 Å². The highest BCUT2D eigenvalue weighted by Crippen LogP contribution is 2.57. The molecule has 0 saturated heterocycles. The molecule has 1 N–H and O–H groups in total. The Labute approximate surface area is 155 Å². The fourth-order valence-electron chi connectivity index (χ4n) is 4.28. The van der Waals surface area contributed by atoms with Gasteiger partial charge in [0.05, 0.1) is 0 Å². The van der Waals surface area contributed by atoms with Crippen molar-refractivity contribution >= 4 is 0 Å². The lowest BCUT2D eigenvalue weighted by atomic mass is 9.84. The maximum absolute atomic E-state index is 11.4. The third-order valence-corrected chi connectivity index (χ3v) is 5.77. The first-order chi connectivity index (χ1) is 13.0. The maximum atomic E-state index is 11.4. The van der Waals surface area contributed by atoms with Crippen molar-refractivity contribution in [2.24, 2.45) is 0 Å². The molecule has 0 fully saturated rings. The maximum Gasteiger partial charge on any atom is 0.231 e. The van der Waals surface area contributed by atoms with Crippen LogP contribution in [0.25, 0.3) is 0 Å². The minimum Gasteiger partial charge on any atom is -0.489 e. The fraction of sp³-hybridized carbons (Fsp3) is 0.333. The first-order valence-corrected chi connectivity index (χ1v) is 8.98. The quantitative estimate of drug-likeness (QED) is 0.783. The molecule has 0 bridgehead atoms. The van der Waals surface area contributed by atoms with E-state index in [1.54, 1.807) is 12.1 Å². The van der Waals surface area contributed by atoms with E-state index in [0.717, 1.165) is 28.9 Å². The molecule has 0 amide bonds. The molecule has 0 aromatic heterocycles. The van der Waals surface area contributed by atoms with Crippen molar-refractivity contribution in [2.75, 3.05) is 13.4 Å². The molecule has 3 atom stereocenters. The van der Waals surface area contributed by atoms with Crippen molar-refractivity contribution in [3.8, 4) is 28.7 Å². The zero-order valence-electron chi connectivity index (χ0n) is 14.8. The number of rotatable bonds is 1. The van der Waals surface area contributed by atoms with Crippen molar-refractivity contribution in [3.63, 3.8) is 0 Å². The van der Waals surface area contributed by atoms with Crippen LogP contribution in [0.3, 0.4) is 0 Å². The van der Waals surface area contributed by atoms with Gasteiger partial charge in [-0.1, -0.05) is 6.58 Å². The second-order valence-corrected chi connectivity index (χ2v) is 7.57. The van der Waals surface area contributed by atoms with Crippen molar-refractivity contribution in [2.45, 2.75) is 31.2 Å². The lowest BCUT2D eigenvalue weighted by Crippen LogP contribution is -2.41. The van der Waals surface area contributed by atoms with Crippen molar-refractivity contribution in [1.29, 1.82) is 0 Å². The van der Waals surface area contributed by atoms with E-state index in [1.165, 1.54) is 0 Å². The first-order valence-electron chi connectivity index (χ1n) is 8.98. The van der Waals surface area contributed by atoms with E-state index in [0.29, 0.717) is 28.6 Å². The predicted molar refractivity (Wildman–Crippen MR) is 94.7 cm³/mol. The zero-order chi connectivity index (χ0) is 18.3. The van der Waals surface area contributed by atoms with Gasteiger partial charge in [0.15, 0.2) is 23.2 Å². The summed E-state index contributed by atoms with van der Waals surface area (Å²) in [6, 6.07) is 7.49. The first kappa shape index (κ1) is 15.2. The topological polar surface area (TPSA) is 66.4 Å². The molecule has 27 heavy (non-hydrogen) atoms. The second kappa shape index (κ2) is 4.89. The van der Waals surface area contributed by atoms with E-state index in [4.69, 9.17) is 23.7 Å². The number of fused-ring (bicyclic) bond motifs is 7. The van der Waals surface area contributed by atoms with Crippen LogP contribution in [0.15, 0.2) is 36.4 Å². The van der Waals surface area contributed by atoms with Gasteiger partial charge in [0, 0.05) is 29.7 Å². The average molecular weight is 366 g/mol. The minimum absolute atomic E-state index is 0.0262. The fourth-order valence-corrected chi connectivity index (χ4v) is 4.28. The number of hydrogen-bond acceptors (Lipinski definition) is 6. The molecule has 6 nitrogen and oxygen atoms in total. The minimum atomic E-state index is -1.27. The molecule has 6 rings (SSSR count). The Morgan fingerprint density at radius 2 is 1.78 bits per heavy atom. The summed E-state index contributed by atoms with van der Waals surface area (Å²) in [5.41, 5.74) is 2.28. The number of hydrogen-bond donors (Lipinski definition) is 1. The predicted octanol–water partition coefficient (Wildman–Crippen LogP) is 3.01. The van der Waals surface area contributed by atoms with Gasteiger partial charge in [0.2, 0.25) is 6.79 Å². The van der Waals surface area contributed by atoms with E-state index in [2.05, 4.69) is 6.58 Å². The van der Waals surface area contributed by atoms with Gasteiger partial charge in [0.1, 0.15) is 30.0 Å². The number of benzene rings is 2. The lowest BCUT2D eigenvalue weighted by molar-refractivity contribution is -0.0865. The average Bonchev–Trinajstić information content (AvgIpc) is 3.33. The molecule has 2 aromatic carbocycles. The van der Waals surface area contributed by atoms with Gasteiger partial charge in [-0.3, -0.25) is 0 Å². The highest BCUT2D eigenvalue weighted by molar-refractivity contribution is 5.60. The smallest absolute Gasteiger partial charge is 0.231 e. The largest absolute Gasteiger partial charge is 0.489 e. The van der Waals surface area contributed by atoms with Crippen molar-refractivity contribution in [1.82, 2.24) is 0 Å². The van der Waals surface area contributed by atoms with Crippen LogP contribution >= 0.6 is 0 Å². The Balaban J connectivity index is 1.44. The van der Waals surface area contributed by atoms with Gasteiger partial charge in [-0.15, -0.1) is 0 Å². The Kier molecular flexibility index (Phi) is 2.76. The van der Waals surface area contributed by atoms with E-state index >= 15 is 0 Å². The molecule has 138 valence electrons. The zero-order valence-corrected chi connectivity index (χ0v) is 14.8. The molecule has 4 aliphatic heterocycles. The molecule has 0 spiro atoms. The normalized spacial score (nSPS) is 28.2. The third-order valence-electron chi connectivity index (χ3n) is 5.77. The summed E-state index contributed by atoms with van der Waals surface area (Å²) >= 11 is 0. The summed E-state index contributed by atoms with van der Waals surface area (Å²) < 4.78 is 29.0. The van der Waals surface area contributed by atoms with Gasteiger partial charge in [0.25, 0.3) is 0 Å². The molecule has 4 heterocycles. The highest BCUT2D eigenvalue weighted by atomic mass is 16.7. The van der Waals surface area contributed by atoms with Crippen LogP contribution in [0.4, 0.5) is 0 Å². The Hall–Kier alpha value is -2.86. The van der Waals surface area contributed by atoms with Crippen LogP contribution in [0, 0.1) is 0 Å². The third kappa shape index (κ3) is 1.93. The Morgan fingerprint density at radius 1 is 1.00 bits per heavy atom. The lowest BCUT2D eigenvalue weighted by Gasteiger charge is -2.35. The number of ether oxygens (including phenoxy) is 5. The molecule has 0 saturated carbocycles. The van der Waals surface area contributed by atoms with Crippen LogP contribution in [0.5, 0.6) is 28.7 Å². The standard InChI is InChI=1S/C21H18O6/c1-10(2)14-4-11-3-12-16(6-15(11)26-14)23-8-21(22)13-5-18-19(25-9-24-18)7-17(13)27-20(12)21/h3,5-7,14,20,22H,1,4,8-9H2,2H3/t14-,20-,21-/m0/s1. The number of aliphatic hydroxyl groups is 1. The van der Waals surface area contributed by atoms with Crippen molar-refractivity contribution in [3.05, 3.63) is 53.1 Å². The summed E-state index contributed by atoms with van der Waals surface area (Å²) in [6.45, 7) is 6.23. The molecule has 6 heteroatoms. The van der Waals surface area contributed by atoms with Gasteiger partial charge >= 0.3 is 0 Å². The molecular formula is C21H18O6. The molecule has 2 aromatic rings.